The van der Waals surface area contributed by atoms with Gasteiger partial charge in [0.15, 0.2) is 0 Å². The summed E-state index contributed by atoms with van der Waals surface area (Å²) in [6, 6.07) is 3.86. The Balaban J connectivity index is 0.00000128. The van der Waals surface area contributed by atoms with Crippen LogP contribution in [0.2, 0.25) is 0 Å². The largest absolute Gasteiger partial charge is 0.347 e. The Morgan fingerprint density at radius 2 is 2.31 bits per heavy atom. The lowest BCUT2D eigenvalue weighted by Crippen LogP contribution is -2.40. The lowest BCUT2D eigenvalue weighted by Gasteiger charge is -2.18. The maximum Gasteiger partial charge on any atom is 0.237 e. The lowest BCUT2D eigenvalue weighted by molar-refractivity contribution is -0.122. The highest BCUT2D eigenvalue weighted by Crippen LogP contribution is 2.42. The van der Waals surface area contributed by atoms with Crippen molar-refractivity contribution in [3.63, 3.8) is 0 Å². The van der Waals surface area contributed by atoms with Crippen LogP contribution in [0.15, 0.2) is 17.5 Å². The van der Waals surface area contributed by atoms with Crippen molar-refractivity contribution in [3.8, 4) is 0 Å². The number of nitrogens with one attached hydrogen (secondary N) is 1. The fourth-order valence-electron chi connectivity index (χ4n) is 1.60. The van der Waals surface area contributed by atoms with E-state index in [0.717, 1.165) is 0 Å². The molecule has 3 N–H and O–H groups in total. The summed E-state index contributed by atoms with van der Waals surface area (Å²) in [7, 11) is 0. The van der Waals surface area contributed by atoms with Crippen molar-refractivity contribution in [2.75, 3.05) is 0 Å². The Morgan fingerprint density at radius 1 is 1.62 bits per heavy atom. The number of hydrogen-bond acceptors (Lipinski definition) is 3. The second kappa shape index (κ2) is 5.66. The zero-order chi connectivity index (χ0) is 10.8. The number of thiophene rings is 1. The summed E-state index contributed by atoms with van der Waals surface area (Å²) in [4.78, 5) is 12.8. The van der Waals surface area contributed by atoms with E-state index in [0.29, 0.717) is 5.92 Å². The normalized spacial score (nSPS) is 18.4. The molecule has 90 valence electrons. The number of halogens is 1. The van der Waals surface area contributed by atoms with Crippen LogP contribution in [-0.4, -0.2) is 11.9 Å². The van der Waals surface area contributed by atoms with Crippen LogP contribution in [0.3, 0.4) is 0 Å². The minimum Gasteiger partial charge on any atom is -0.347 e. The molecule has 16 heavy (non-hydrogen) atoms. The van der Waals surface area contributed by atoms with Crippen molar-refractivity contribution in [2.24, 2.45) is 11.7 Å². The van der Waals surface area contributed by atoms with E-state index in [9.17, 15) is 4.79 Å². The van der Waals surface area contributed by atoms with E-state index in [-0.39, 0.29) is 24.4 Å². The average molecular weight is 261 g/mol. The molecule has 0 aromatic carbocycles. The summed E-state index contributed by atoms with van der Waals surface area (Å²) in [5.41, 5.74) is 5.55. The number of rotatable bonds is 4. The van der Waals surface area contributed by atoms with Crippen LogP contribution in [0, 0.1) is 5.92 Å². The Kier molecular flexibility index (Phi) is 4.77. The van der Waals surface area contributed by atoms with Gasteiger partial charge in [-0.15, -0.1) is 23.7 Å². The van der Waals surface area contributed by atoms with Crippen molar-refractivity contribution in [1.29, 1.82) is 0 Å². The third-order valence-electron chi connectivity index (χ3n) is 2.65. The van der Waals surface area contributed by atoms with Crippen LogP contribution in [0.25, 0.3) is 0 Å². The van der Waals surface area contributed by atoms with Crippen LogP contribution in [0.4, 0.5) is 0 Å². The molecule has 0 spiro atoms. The van der Waals surface area contributed by atoms with Crippen LogP contribution in [-0.2, 0) is 4.79 Å². The second-order valence-corrected chi connectivity index (χ2v) is 5.11. The van der Waals surface area contributed by atoms with E-state index < -0.39 is 6.04 Å². The van der Waals surface area contributed by atoms with Crippen molar-refractivity contribution in [3.05, 3.63) is 22.4 Å². The van der Waals surface area contributed by atoms with Gasteiger partial charge in [0.25, 0.3) is 0 Å². The van der Waals surface area contributed by atoms with E-state index >= 15 is 0 Å². The van der Waals surface area contributed by atoms with Crippen LogP contribution < -0.4 is 11.1 Å². The van der Waals surface area contributed by atoms with Gasteiger partial charge in [-0.2, -0.15) is 0 Å². The highest BCUT2D eigenvalue weighted by atomic mass is 35.5. The summed E-state index contributed by atoms with van der Waals surface area (Å²) in [5.74, 6) is 0.562. The fraction of sp³-hybridized carbons (Fsp3) is 0.545. The maximum absolute atomic E-state index is 11.5. The van der Waals surface area contributed by atoms with E-state index in [2.05, 4.69) is 11.4 Å². The molecule has 0 bridgehead atoms. The molecule has 1 aliphatic carbocycles. The third-order valence-corrected chi connectivity index (χ3v) is 3.61. The highest BCUT2D eigenvalue weighted by molar-refractivity contribution is 7.10. The second-order valence-electron chi connectivity index (χ2n) is 4.13. The van der Waals surface area contributed by atoms with Crippen LogP contribution >= 0.6 is 23.7 Å². The van der Waals surface area contributed by atoms with Gasteiger partial charge in [0.05, 0.1) is 12.1 Å². The Hall–Kier alpha value is -0.580. The quantitative estimate of drug-likeness (QED) is 0.871. The van der Waals surface area contributed by atoms with E-state index in [1.165, 1.54) is 17.7 Å². The van der Waals surface area contributed by atoms with Gasteiger partial charge in [0, 0.05) is 4.88 Å². The first kappa shape index (κ1) is 13.5. The molecule has 1 aromatic rings. The molecule has 0 saturated heterocycles. The third kappa shape index (κ3) is 3.20. The first-order valence-electron chi connectivity index (χ1n) is 5.28. The molecular formula is C11H17ClN2OS. The molecule has 2 atom stereocenters. The van der Waals surface area contributed by atoms with Gasteiger partial charge in [-0.3, -0.25) is 4.79 Å². The van der Waals surface area contributed by atoms with E-state index in [1.807, 2.05) is 11.4 Å². The molecule has 3 nitrogen and oxygen atoms in total. The Labute approximate surface area is 106 Å². The van der Waals surface area contributed by atoms with Crippen molar-refractivity contribution >= 4 is 29.7 Å². The molecule has 5 heteroatoms. The Morgan fingerprint density at radius 3 is 2.75 bits per heavy atom. The molecule has 1 saturated carbocycles. The first-order valence-corrected chi connectivity index (χ1v) is 6.16. The van der Waals surface area contributed by atoms with Gasteiger partial charge < -0.3 is 11.1 Å². The average Bonchev–Trinajstić information content (AvgIpc) is 2.89. The molecule has 1 fully saturated rings. The molecular weight excluding hydrogens is 244 g/mol. The maximum atomic E-state index is 11.5. The molecule has 0 aliphatic heterocycles. The summed E-state index contributed by atoms with van der Waals surface area (Å²) < 4.78 is 0. The van der Waals surface area contributed by atoms with Gasteiger partial charge in [0.1, 0.15) is 0 Å². The number of amides is 1. The molecule has 1 aliphatic rings. The minimum atomic E-state index is -0.425. The zero-order valence-electron chi connectivity index (χ0n) is 9.18. The van der Waals surface area contributed by atoms with Crippen molar-refractivity contribution in [2.45, 2.75) is 31.8 Å². The summed E-state index contributed by atoms with van der Waals surface area (Å²) in [6.07, 6.45) is 2.42. The molecule has 2 rings (SSSR count). The Bertz CT molecular complexity index is 336. The predicted molar refractivity (Wildman–Crippen MR) is 68.8 cm³/mol. The molecule has 1 unspecified atom stereocenters. The number of hydrogen-bond donors (Lipinski definition) is 2. The van der Waals surface area contributed by atoms with Gasteiger partial charge >= 0.3 is 0 Å². The van der Waals surface area contributed by atoms with Gasteiger partial charge in [-0.1, -0.05) is 6.07 Å². The van der Waals surface area contributed by atoms with E-state index in [4.69, 9.17) is 5.73 Å². The standard InChI is InChI=1S/C11H16N2OS.ClH/c1-7(12)11(14)13-10(8-4-5-8)9-3-2-6-15-9;/h2-3,6-8,10H,4-5,12H2,1H3,(H,13,14);1H/t7-,10?;/m1./s1. The predicted octanol–water partition coefficient (Wildman–Crippen LogP) is 2.08. The monoisotopic (exact) mass is 260 g/mol. The SMILES string of the molecule is C[C@@H](N)C(=O)NC(c1cccs1)C1CC1.Cl. The first-order chi connectivity index (χ1) is 7.18. The zero-order valence-corrected chi connectivity index (χ0v) is 10.8. The minimum absolute atomic E-state index is 0. The van der Waals surface area contributed by atoms with Gasteiger partial charge in [0.2, 0.25) is 5.91 Å². The fourth-order valence-corrected chi connectivity index (χ4v) is 2.47. The highest BCUT2D eigenvalue weighted by Gasteiger charge is 2.34. The van der Waals surface area contributed by atoms with Crippen molar-refractivity contribution < 1.29 is 4.79 Å². The molecule has 1 aromatic heterocycles. The number of carbonyl (C=O) groups excluding carboxylic acids is 1. The van der Waals surface area contributed by atoms with Crippen LogP contribution in [0.1, 0.15) is 30.7 Å². The summed E-state index contributed by atoms with van der Waals surface area (Å²) >= 11 is 1.70. The van der Waals surface area contributed by atoms with Crippen molar-refractivity contribution in [1.82, 2.24) is 5.32 Å². The topological polar surface area (TPSA) is 55.1 Å². The molecule has 0 radical (unpaired) electrons. The smallest absolute Gasteiger partial charge is 0.237 e. The lowest BCUT2D eigenvalue weighted by atomic mass is 10.1. The molecule has 1 heterocycles. The van der Waals surface area contributed by atoms with Gasteiger partial charge in [-0.25, -0.2) is 0 Å². The number of carbonyl (C=O) groups is 1. The summed E-state index contributed by atoms with van der Waals surface area (Å²) in [6.45, 7) is 1.72. The number of nitrogens with two attached hydrogens (primary N) is 1. The molecule has 1 amide bonds. The summed E-state index contributed by atoms with van der Waals surface area (Å²) in [5, 5.41) is 5.07. The van der Waals surface area contributed by atoms with E-state index in [1.54, 1.807) is 18.3 Å². The van der Waals surface area contributed by atoms with Crippen LogP contribution in [0.5, 0.6) is 0 Å². The van der Waals surface area contributed by atoms with Gasteiger partial charge in [-0.05, 0) is 37.1 Å².